The highest BCUT2D eigenvalue weighted by Gasteiger charge is 2.73. The van der Waals surface area contributed by atoms with Crippen molar-refractivity contribution in [1.29, 1.82) is 0 Å². The number of ether oxygens (including phenoxy) is 1. The molecule has 2 bridgehead atoms. The van der Waals surface area contributed by atoms with E-state index < -0.39 is 11.0 Å². The van der Waals surface area contributed by atoms with Crippen molar-refractivity contribution >= 4 is 12.0 Å². The van der Waals surface area contributed by atoms with Gasteiger partial charge in [0.25, 0.3) is 0 Å². The first-order valence-electron chi connectivity index (χ1n) is 13.3. The number of benzene rings is 2. The van der Waals surface area contributed by atoms with Gasteiger partial charge in [-0.1, -0.05) is 42.5 Å². The van der Waals surface area contributed by atoms with Crippen LogP contribution in [-0.2, 0) is 16.6 Å². The van der Waals surface area contributed by atoms with Crippen LogP contribution in [0.1, 0.15) is 48.8 Å². The van der Waals surface area contributed by atoms with Crippen LogP contribution in [0.25, 0.3) is 6.08 Å². The second-order valence-electron chi connectivity index (χ2n) is 11.4. The second-order valence-corrected chi connectivity index (χ2v) is 11.4. The number of nitrogens with zero attached hydrogens (tertiary/aromatic N) is 2. The van der Waals surface area contributed by atoms with Gasteiger partial charge in [0.2, 0.25) is 5.91 Å². The van der Waals surface area contributed by atoms with Crippen LogP contribution in [0.4, 0.5) is 0 Å². The molecular weight excluding hydrogens is 436 g/mol. The molecule has 5 nitrogen and oxygen atoms in total. The summed E-state index contributed by atoms with van der Waals surface area (Å²) in [5, 5.41) is 12.6. The van der Waals surface area contributed by atoms with E-state index in [2.05, 4.69) is 23.1 Å². The molecule has 7 rings (SSSR count). The number of carbonyl (C=O) groups excluding carboxylic acids is 1. The van der Waals surface area contributed by atoms with Gasteiger partial charge in [-0.2, -0.15) is 0 Å². The van der Waals surface area contributed by atoms with Crippen LogP contribution in [0.3, 0.4) is 0 Å². The molecule has 35 heavy (non-hydrogen) atoms. The number of likely N-dealkylation sites (N-methyl/N-ethyl adjacent to an activating group) is 1. The molecule has 182 valence electrons. The highest BCUT2D eigenvalue weighted by atomic mass is 16.5. The third-order valence-corrected chi connectivity index (χ3v) is 9.69. The van der Waals surface area contributed by atoms with Crippen molar-refractivity contribution in [3.63, 3.8) is 0 Å². The van der Waals surface area contributed by atoms with Gasteiger partial charge in [0.05, 0.1) is 17.1 Å². The number of rotatable bonds is 5. The standard InChI is InChI=1S/C30H34N2O3/c1-31(26(33)13-12-20-6-3-2-4-7-20)23-14-15-30(34)25-18-22-8-5-9-24-27(22)29(30,28(23)35-24)16-17-32(25)19-21-10-11-21/h2-9,12-13,21,23,25,28,34H,10-11,14-19H2,1H3/t23-,25+,28-,29-,30+/m0/s1. The third kappa shape index (κ3) is 3.04. The Labute approximate surface area is 207 Å². The van der Waals surface area contributed by atoms with Crippen LogP contribution in [0.2, 0.25) is 0 Å². The Hall–Kier alpha value is -2.63. The molecule has 2 aliphatic heterocycles. The summed E-state index contributed by atoms with van der Waals surface area (Å²) in [5.74, 6) is 1.71. The molecular formula is C30H34N2O3. The average Bonchev–Trinajstić information content (AvgIpc) is 3.62. The molecule has 5 heteroatoms. The first-order chi connectivity index (χ1) is 17.0. The van der Waals surface area contributed by atoms with Crippen molar-refractivity contribution in [2.45, 2.75) is 67.7 Å². The molecule has 0 aromatic heterocycles. The third-order valence-electron chi connectivity index (χ3n) is 9.69. The Morgan fingerprint density at radius 2 is 1.97 bits per heavy atom. The fourth-order valence-corrected chi connectivity index (χ4v) is 7.83. The summed E-state index contributed by atoms with van der Waals surface area (Å²) in [7, 11) is 1.90. The first-order valence-corrected chi connectivity index (χ1v) is 13.3. The summed E-state index contributed by atoms with van der Waals surface area (Å²) in [4.78, 5) is 17.7. The monoisotopic (exact) mass is 470 g/mol. The van der Waals surface area contributed by atoms with E-state index in [1.54, 1.807) is 6.08 Å². The maximum atomic E-state index is 13.3. The van der Waals surface area contributed by atoms with Crippen LogP contribution in [0.15, 0.2) is 54.6 Å². The van der Waals surface area contributed by atoms with Gasteiger partial charge in [-0.25, -0.2) is 0 Å². The summed E-state index contributed by atoms with van der Waals surface area (Å²) < 4.78 is 6.72. The lowest BCUT2D eigenvalue weighted by atomic mass is 9.48. The summed E-state index contributed by atoms with van der Waals surface area (Å²) in [5.41, 5.74) is 2.32. The second kappa shape index (κ2) is 7.68. The Kier molecular flexibility index (Phi) is 4.75. The Balaban J connectivity index is 1.24. The van der Waals surface area contributed by atoms with Gasteiger partial charge >= 0.3 is 0 Å². The minimum atomic E-state index is -0.815. The zero-order chi connectivity index (χ0) is 23.8. The number of aliphatic hydroxyl groups is 1. The first kappa shape index (κ1) is 21.6. The van der Waals surface area contributed by atoms with E-state index in [0.29, 0.717) is 6.42 Å². The summed E-state index contributed by atoms with van der Waals surface area (Å²) in [6.45, 7) is 2.10. The predicted molar refractivity (Wildman–Crippen MR) is 135 cm³/mol. The molecule has 1 N–H and O–H groups in total. The molecule has 2 heterocycles. The number of hydrogen-bond donors (Lipinski definition) is 1. The van der Waals surface area contributed by atoms with Gasteiger partial charge in [-0.3, -0.25) is 9.69 Å². The molecule has 5 atom stereocenters. The van der Waals surface area contributed by atoms with Crippen LogP contribution in [0.5, 0.6) is 5.75 Å². The Bertz CT molecular complexity index is 1190. The maximum absolute atomic E-state index is 13.3. The fraction of sp³-hybridized carbons (Fsp3) is 0.500. The predicted octanol–water partition coefficient (Wildman–Crippen LogP) is 3.79. The van der Waals surface area contributed by atoms with Crippen molar-refractivity contribution in [2.75, 3.05) is 20.1 Å². The molecule has 0 unspecified atom stereocenters. The molecule has 1 amide bonds. The zero-order valence-electron chi connectivity index (χ0n) is 20.4. The topological polar surface area (TPSA) is 53.0 Å². The lowest BCUT2D eigenvalue weighted by molar-refractivity contribution is -0.200. The van der Waals surface area contributed by atoms with Gasteiger partial charge in [0.1, 0.15) is 11.9 Å². The van der Waals surface area contributed by atoms with E-state index in [0.717, 1.165) is 49.6 Å². The molecule has 2 saturated carbocycles. The average molecular weight is 471 g/mol. The van der Waals surface area contributed by atoms with Crippen molar-refractivity contribution in [3.05, 3.63) is 71.3 Å². The van der Waals surface area contributed by atoms with Gasteiger partial charge in [0, 0.05) is 31.3 Å². The molecule has 5 aliphatic rings. The van der Waals surface area contributed by atoms with E-state index in [9.17, 15) is 9.90 Å². The van der Waals surface area contributed by atoms with Crippen LogP contribution in [-0.4, -0.2) is 64.7 Å². The van der Waals surface area contributed by atoms with E-state index in [4.69, 9.17) is 4.74 Å². The largest absolute Gasteiger partial charge is 0.487 e. The molecule has 3 aliphatic carbocycles. The van der Waals surface area contributed by atoms with Gasteiger partial charge in [0.15, 0.2) is 0 Å². The zero-order valence-corrected chi connectivity index (χ0v) is 20.4. The minimum Gasteiger partial charge on any atom is -0.487 e. The van der Waals surface area contributed by atoms with Crippen molar-refractivity contribution < 1.29 is 14.6 Å². The van der Waals surface area contributed by atoms with Gasteiger partial charge < -0.3 is 14.7 Å². The SMILES string of the molecule is CN(C(=O)C=Cc1ccccc1)[C@H]1CC[C@@]2(O)[C@H]3Cc4cccc5c4[C@@]2(CCN3CC2CC2)[C@H]1O5. The molecule has 3 fully saturated rings. The normalized spacial score (nSPS) is 35.0. The van der Waals surface area contributed by atoms with E-state index in [1.807, 2.05) is 48.4 Å². The van der Waals surface area contributed by atoms with Crippen molar-refractivity contribution in [2.24, 2.45) is 5.92 Å². The lowest BCUT2D eigenvalue weighted by Crippen LogP contribution is -2.78. The summed E-state index contributed by atoms with van der Waals surface area (Å²) in [6, 6.07) is 16.4. The van der Waals surface area contributed by atoms with E-state index >= 15 is 0 Å². The Morgan fingerprint density at radius 3 is 2.77 bits per heavy atom. The van der Waals surface area contributed by atoms with E-state index in [-0.39, 0.29) is 24.1 Å². The molecule has 1 saturated heterocycles. The van der Waals surface area contributed by atoms with Crippen LogP contribution >= 0.6 is 0 Å². The number of carbonyl (C=O) groups is 1. The fourth-order valence-electron chi connectivity index (χ4n) is 7.83. The summed E-state index contributed by atoms with van der Waals surface area (Å²) >= 11 is 0. The number of hydrogen-bond acceptors (Lipinski definition) is 4. The Morgan fingerprint density at radius 1 is 1.14 bits per heavy atom. The summed E-state index contributed by atoms with van der Waals surface area (Å²) in [6.07, 6.45) is 9.22. The number of piperidine rings is 1. The highest BCUT2D eigenvalue weighted by molar-refractivity contribution is 5.92. The smallest absolute Gasteiger partial charge is 0.246 e. The van der Waals surface area contributed by atoms with Crippen molar-refractivity contribution in [1.82, 2.24) is 9.80 Å². The molecule has 2 aromatic rings. The lowest BCUT2D eigenvalue weighted by Gasteiger charge is -2.64. The van der Waals surface area contributed by atoms with Crippen LogP contribution < -0.4 is 4.74 Å². The molecule has 1 spiro atoms. The molecule has 0 radical (unpaired) electrons. The minimum absolute atomic E-state index is 0.0148. The van der Waals surface area contributed by atoms with Gasteiger partial charge in [-0.15, -0.1) is 0 Å². The molecule has 2 aromatic carbocycles. The number of amides is 1. The van der Waals surface area contributed by atoms with Crippen molar-refractivity contribution in [3.8, 4) is 5.75 Å². The quantitative estimate of drug-likeness (QED) is 0.676. The van der Waals surface area contributed by atoms with E-state index in [1.165, 1.54) is 24.0 Å². The number of likely N-dealkylation sites (tertiary alicyclic amines) is 1. The van der Waals surface area contributed by atoms with Crippen LogP contribution in [0, 0.1) is 5.92 Å². The highest BCUT2D eigenvalue weighted by Crippen LogP contribution is 2.64. The maximum Gasteiger partial charge on any atom is 0.246 e. The van der Waals surface area contributed by atoms with Gasteiger partial charge in [-0.05, 0) is 74.3 Å².